The summed E-state index contributed by atoms with van der Waals surface area (Å²) in [5.41, 5.74) is 2.76. The molecule has 0 radical (unpaired) electrons. The average Bonchev–Trinajstić information content (AvgIpc) is 3.49. The molecule has 0 saturated heterocycles. The second-order valence-corrected chi connectivity index (χ2v) is 9.27. The number of carbonyl (C=O) groups excluding carboxylic acids is 1. The fourth-order valence-electron chi connectivity index (χ4n) is 3.09. The molecule has 6 nitrogen and oxygen atoms in total. The van der Waals surface area contributed by atoms with Crippen LogP contribution in [0.3, 0.4) is 0 Å². The predicted octanol–water partition coefficient (Wildman–Crippen LogP) is 5.04. The normalized spacial score (nSPS) is 12.2. The van der Waals surface area contributed by atoms with Crippen LogP contribution >= 0.6 is 34.4 Å². The zero-order valence-corrected chi connectivity index (χ0v) is 17.9. The molecule has 0 aliphatic heterocycles. The number of nitrogens with zero attached hydrogens (tertiary/aromatic N) is 5. The van der Waals surface area contributed by atoms with Gasteiger partial charge < -0.3 is 0 Å². The minimum atomic E-state index is -0.886. The first-order valence-electron chi connectivity index (χ1n) is 9.03. The monoisotopic (exact) mass is 447 g/mol. The van der Waals surface area contributed by atoms with Crippen molar-refractivity contribution in [3.05, 3.63) is 65.0 Å². The van der Waals surface area contributed by atoms with E-state index in [-0.39, 0.29) is 11.5 Å². The molecule has 5 rings (SSSR count). The standard InChI is InChI=1S/C21H13N5OS3/c22-10-14(19-23-15(11-28-19)13-6-2-1-3-7-13)17(27)12-29-20-24-25-21-26(20)16-8-4-5-9-18(16)30-21/h1-9,11,14H,12H2/t14-/m0/s1. The number of hydrogen-bond donors (Lipinski definition) is 0. The molecule has 0 N–H and O–H groups in total. The van der Waals surface area contributed by atoms with Gasteiger partial charge in [0.25, 0.3) is 0 Å². The number of hydrogen-bond acceptors (Lipinski definition) is 8. The molecular formula is C21H13N5OS3. The maximum absolute atomic E-state index is 12.8. The average molecular weight is 448 g/mol. The number of para-hydroxylation sites is 1. The zero-order valence-electron chi connectivity index (χ0n) is 15.4. The van der Waals surface area contributed by atoms with E-state index in [1.54, 1.807) is 11.3 Å². The number of thioether (sulfide) groups is 1. The zero-order chi connectivity index (χ0) is 20.5. The van der Waals surface area contributed by atoms with Gasteiger partial charge in [-0.2, -0.15) is 5.26 Å². The third kappa shape index (κ3) is 3.39. The van der Waals surface area contributed by atoms with Gasteiger partial charge in [0.2, 0.25) is 4.96 Å². The topological polar surface area (TPSA) is 83.9 Å². The Bertz CT molecular complexity index is 1400. The van der Waals surface area contributed by atoms with Gasteiger partial charge in [-0.05, 0) is 12.1 Å². The fourth-order valence-corrected chi connectivity index (χ4v) is 5.86. The van der Waals surface area contributed by atoms with Crippen molar-refractivity contribution in [1.82, 2.24) is 19.6 Å². The van der Waals surface area contributed by atoms with Gasteiger partial charge in [0.15, 0.2) is 16.9 Å². The van der Waals surface area contributed by atoms with E-state index in [2.05, 4.69) is 21.3 Å². The van der Waals surface area contributed by atoms with Gasteiger partial charge in [-0.1, -0.05) is 65.6 Å². The van der Waals surface area contributed by atoms with Crippen LogP contribution in [-0.4, -0.2) is 31.1 Å². The lowest BCUT2D eigenvalue weighted by molar-refractivity contribution is -0.116. The third-order valence-electron chi connectivity index (χ3n) is 4.54. The number of thiazole rings is 2. The minimum Gasteiger partial charge on any atom is -0.297 e. The third-order valence-corrected chi connectivity index (χ3v) is 7.42. The summed E-state index contributed by atoms with van der Waals surface area (Å²) in [4.78, 5) is 18.1. The van der Waals surface area contributed by atoms with Crippen molar-refractivity contribution in [3.63, 3.8) is 0 Å². The minimum absolute atomic E-state index is 0.128. The molecule has 0 bridgehead atoms. The highest BCUT2D eigenvalue weighted by molar-refractivity contribution is 7.99. The number of benzene rings is 2. The highest BCUT2D eigenvalue weighted by Crippen LogP contribution is 2.31. The molecule has 2 aromatic carbocycles. The molecule has 30 heavy (non-hydrogen) atoms. The maximum atomic E-state index is 12.8. The summed E-state index contributed by atoms with van der Waals surface area (Å²) in [5, 5.41) is 21.1. The van der Waals surface area contributed by atoms with Gasteiger partial charge in [0.05, 0.1) is 27.7 Å². The van der Waals surface area contributed by atoms with Crippen LogP contribution in [0.25, 0.3) is 26.4 Å². The molecule has 0 saturated carbocycles. The molecular weight excluding hydrogens is 434 g/mol. The summed E-state index contributed by atoms with van der Waals surface area (Å²) in [5.74, 6) is -0.945. The Labute approximate surface area is 183 Å². The molecule has 5 aromatic rings. The van der Waals surface area contributed by atoms with Crippen LogP contribution in [0.15, 0.2) is 65.1 Å². The Hall–Kier alpha value is -3.06. The van der Waals surface area contributed by atoms with Gasteiger partial charge >= 0.3 is 0 Å². The van der Waals surface area contributed by atoms with E-state index >= 15 is 0 Å². The Morgan fingerprint density at radius 2 is 1.93 bits per heavy atom. The van der Waals surface area contributed by atoms with Gasteiger partial charge in [-0.25, -0.2) is 4.98 Å². The van der Waals surface area contributed by atoms with Crippen molar-refractivity contribution in [3.8, 4) is 17.3 Å². The van der Waals surface area contributed by atoms with Crippen molar-refractivity contribution in [2.45, 2.75) is 11.1 Å². The van der Waals surface area contributed by atoms with Crippen molar-refractivity contribution < 1.29 is 4.79 Å². The number of carbonyl (C=O) groups is 1. The van der Waals surface area contributed by atoms with Crippen molar-refractivity contribution >= 4 is 55.4 Å². The molecule has 0 spiro atoms. The number of rotatable bonds is 6. The Balaban J connectivity index is 1.35. The van der Waals surface area contributed by atoms with E-state index in [4.69, 9.17) is 0 Å². The van der Waals surface area contributed by atoms with Crippen LogP contribution in [0.1, 0.15) is 10.9 Å². The lowest BCUT2D eigenvalue weighted by atomic mass is 10.1. The van der Waals surface area contributed by atoms with Gasteiger partial charge in [-0.15, -0.1) is 21.5 Å². The molecule has 3 heterocycles. The van der Waals surface area contributed by atoms with Crippen LogP contribution in [0, 0.1) is 11.3 Å². The van der Waals surface area contributed by atoms with Crippen LogP contribution < -0.4 is 0 Å². The van der Waals surface area contributed by atoms with E-state index in [0.29, 0.717) is 10.2 Å². The predicted molar refractivity (Wildman–Crippen MR) is 120 cm³/mol. The molecule has 1 atom stereocenters. The molecule has 146 valence electrons. The summed E-state index contributed by atoms with van der Waals surface area (Å²) >= 11 is 4.19. The van der Waals surface area contributed by atoms with E-state index in [9.17, 15) is 10.1 Å². The SMILES string of the molecule is N#C[C@@H](C(=O)CSc1nnc2sc3ccccc3n12)c1nc(-c2ccccc2)cs1. The quantitative estimate of drug-likeness (QED) is 0.339. The Morgan fingerprint density at radius 3 is 2.77 bits per heavy atom. The molecule has 0 unspecified atom stereocenters. The molecule has 0 amide bonds. The molecule has 3 aromatic heterocycles. The largest absolute Gasteiger partial charge is 0.297 e. The fraction of sp³-hybridized carbons (Fsp3) is 0.0952. The second kappa shape index (κ2) is 7.99. The maximum Gasteiger partial charge on any atom is 0.217 e. The lowest BCUT2D eigenvalue weighted by Crippen LogP contribution is -2.13. The first-order valence-corrected chi connectivity index (χ1v) is 11.7. The molecule has 0 aliphatic rings. The first-order chi connectivity index (χ1) is 14.7. The van der Waals surface area contributed by atoms with Crippen molar-refractivity contribution in [2.75, 3.05) is 5.75 Å². The van der Waals surface area contributed by atoms with Crippen LogP contribution in [-0.2, 0) is 4.79 Å². The van der Waals surface area contributed by atoms with Gasteiger partial charge in [0, 0.05) is 10.9 Å². The van der Waals surface area contributed by atoms with E-state index in [1.807, 2.05) is 64.4 Å². The summed E-state index contributed by atoms with van der Waals surface area (Å²) in [7, 11) is 0. The molecule has 0 fully saturated rings. The number of aromatic nitrogens is 4. The summed E-state index contributed by atoms with van der Waals surface area (Å²) in [6.45, 7) is 0. The van der Waals surface area contributed by atoms with Crippen molar-refractivity contribution in [1.29, 1.82) is 5.26 Å². The highest BCUT2D eigenvalue weighted by Gasteiger charge is 2.25. The van der Waals surface area contributed by atoms with Crippen LogP contribution in [0.2, 0.25) is 0 Å². The van der Waals surface area contributed by atoms with E-state index < -0.39 is 5.92 Å². The van der Waals surface area contributed by atoms with Crippen LogP contribution in [0.4, 0.5) is 0 Å². The molecule has 9 heteroatoms. The van der Waals surface area contributed by atoms with E-state index in [1.165, 1.54) is 23.1 Å². The number of ketones is 1. The molecule has 0 aliphatic carbocycles. The summed E-state index contributed by atoms with van der Waals surface area (Å²) in [6, 6.07) is 19.8. The lowest BCUT2D eigenvalue weighted by Gasteiger charge is -2.04. The Morgan fingerprint density at radius 1 is 1.13 bits per heavy atom. The summed E-state index contributed by atoms with van der Waals surface area (Å²) in [6.07, 6.45) is 0. The van der Waals surface area contributed by atoms with E-state index in [0.717, 1.165) is 26.4 Å². The number of nitriles is 1. The summed E-state index contributed by atoms with van der Waals surface area (Å²) < 4.78 is 3.07. The smallest absolute Gasteiger partial charge is 0.217 e. The van der Waals surface area contributed by atoms with Crippen molar-refractivity contribution in [2.24, 2.45) is 0 Å². The highest BCUT2D eigenvalue weighted by atomic mass is 32.2. The number of Topliss-reactive ketones (excluding diaryl/α,β-unsaturated/α-hetero) is 1. The Kier molecular flexibility index (Phi) is 5.04. The van der Waals surface area contributed by atoms with Gasteiger partial charge in [-0.3, -0.25) is 9.20 Å². The first kappa shape index (κ1) is 18.9. The van der Waals surface area contributed by atoms with Crippen LogP contribution in [0.5, 0.6) is 0 Å². The second-order valence-electron chi connectivity index (χ2n) is 6.42. The van der Waals surface area contributed by atoms with Gasteiger partial charge in [0.1, 0.15) is 5.01 Å². The number of fused-ring (bicyclic) bond motifs is 3.